The number of nitrogens with zero attached hydrogens (tertiary/aromatic N) is 2. The van der Waals surface area contributed by atoms with Gasteiger partial charge in [0.2, 0.25) is 0 Å². The van der Waals surface area contributed by atoms with Crippen molar-refractivity contribution in [2.24, 2.45) is 11.0 Å². The van der Waals surface area contributed by atoms with Crippen molar-refractivity contribution in [1.82, 2.24) is 0 Å². The van der Waals surface area contributed by atoms with E-state index in [1.807, 2.05) is 30.3 Å². The van der Waals surface area contributed by atoms with Crippen molar-refractivity contribution in [3.05, 3.63) is 60.2 Å². The highest BCUT2D eigenvalue weighted by Crippen LogP contribution is 2.25. The highest BCUT2D eigenvalue weighted by molar-refractivity contribution is 6.27. The Morgan fingerprint density at radius 3 is 2.42 bits per heavy atom. The summed E-state index contributed by atoms with van der Waals surface area (Å²) in [6, 6.07) is 16.4. The number of rotatable bonds is 5. The maximum atomic E-state index is 12.6. The van der Waals surface area contributed by atoms with E-state index in [1.54, 1.807) is 38.3 Å². The first-order chi connectivity index (χ1) is 11.6. The average Bonchev–Trinajstić information content (AvgIpc) is 2.91. The maximum absolute atomic E-state index is 12.6. The van der Waals surface area contributed by atoms with Crippen molar-refractivity contribution in [2.45, 2.75) is 13.3 Å². The van der Waals surface area contributed by atoms with Gasteiger partial charge in [0.15, 0.2) is 5.78 Å². The number of methoxy groups -OCH3 is 1. The molecular weight excluding hydrogens is 304 g/mol. The van der Waals surface area contributed by atoms with Gasteiger partial charge in [-0.05, 0) is 36.8 Å². The van der Waals surface area contributed by atoms with Gasteiger partial charge in [-0.3, -0.25) is 9.59 Å². The molecule has 0 radical (unpaired) electrons. The number of hydrazone groups is 1. The standard InChI is InChI=1S/C19H18N2O3/c1-13-18(17(22)12-14-8-10-16(24-2)11-9-14)19(23)21(20-13)15-6-4-3-5-7-15/h3-11,18H,12H2,1-2H3. The van der Waals surface area contributed by atoms with Gasteiger partial charge in [0, 0.05) is 6.42 Å². The van der Waals surface area contributed by atoms with Gasteiger partial charge < -0.3 is 4.74 Å². The van der Waals surface area contributed by atoms with Crippen LogP contribution in [-0.4, -0.2) is 24.5 Å². The van der Waals surface area contributed by atoms with Gasteiger partial charge in [-0.1, -0.05) is 30.3 Å². The summed E-state index contributed by atoms with van der Waals surface area (Å²) in [5.74, 6) is -0.523. The molecule has 2 aromatic rings. The summed E-state index contributed by atoms with van der Waals surface area (Å²) in [7, 11) is 1.59. The van der Waals surface area contributed by atoms with Crippen LogP contribution < -0.4 is 9.75 Å². The molecule has 0 fully saturated rings. The number of carbonyl (C=O) groups is 2. The third-order valence-corrected chi connectivity index (χ3v) is 3.99. The number of para-hydroxylation sites is 1. The van der Waals surface area contributed by atoms with E-state index in [0.29, 0.717) is 11.4 Å². The van der Waals surface area contributed by atoms with E-state index in [9.17, 15) is 9.59 Å². The van der Waals surface area contributed by atoms with E-state index in [-0.39, 0.29) is 18.1 Å². The fraction of sp³-hybridized carbons (Fsp3) is 0.211. The Labute approximate surface area is 140 Å². The minimum atomic E-state index is -0.813. The Bertz CT molecular complexity index is 782. The van der Waals surface area contributed by atoms with E-state index in [2.05, 4.69) is 5.10 Å². The third-order valence-electron chi connectivity index (χ3n) is 3.99. The molecule has 3 rings (SSSR count). The van der Waals surface area contributed by atoms with Crippen LogP contribution in [-0.2, 0) is 16.0 Å². The Hall–Kier alpha value is -2.95. The maximum Gasteiger partial charge on any atom is 0.263 e. The first kappa shape index (κ1) is 15.9. The second kappa shape index (κ2) is 6.66. The van der Waals surface area contributed by atoms with Crippen LogP contribution in [0.4, 0.5) is 5.69 Å². The molecule has 0 bridgehead atoms. The zero-order valence-corrected chi connectivity index (χ0v) is 13.6. The molecular formula is C19H18N2O3. The molecule has 0 saturated heterocycles. The minimum Gasteiger partial charge on any atom is -0.497 e. The lowest BCUT2D eigenvalue weighted by Gasteiger charge is -2.13. The molecule has 1 amide bonds. The number of carbonyl (C=O) groups excluding carboxylic acids is 2. The van der Waals surface area contributed by atoms with Crippen LogP contribution in [0.25, 0.3) is 0 Å². The van der Waals surface area contributed by atoms with Crippen LogP contribution in [0.2, 0.25) is 0 Å². The predicted octanol–water partition coefficient (Wildman–Crippen LogP) is 2.85. The van der Waals surface area contributed by atoms with Gasteiger partial charge in [-0.15, -0.1) is 0 Å². The van der Waals surface area contributed by atoms with Crippen LogP contribution in [0.15, 0.2) is 59.7 Å². The van der Waals surface area contributed by atoms with Gasteiger partial charge in [0.1, 0.15) is 11.7 Å². The summed E-state index contributed by atoms with van der Waals surface area (Å²) in [4.78, 5) is 25.2. The van der Waals surface area contributed by atoms with Gasteiger partial charge in [0.05, 0.1) is 18.5 Å². The number of benzene rings is 2. The largest absolute Gasteiger partial charge is 0.497 e. The van der Waals surface area contributed by atoms with Gasteiger partial charge >= 0.3 is 0 Å². The number of anilines is 1. The smallest absolute Gasteiger partial charge is 0.263 e. The summed E-state index contributed by atoms with van der Waals surface area (Å²) < 4.78 is 5.11. The fourth-order valence-corrected chi connectivity index (χ4v) is 2.74. The molecule has 5 nitrogen and oxygen atoms in total. The Morgan fingerprint density at radius 2 is 1.79 bits per heavy atom. The zero-order valence-electron chi connectivity index (χ0n) is 13.6. The number of ether oxygens (including phenoxy) is 1. The van der Waals surface area contributed by atoms with Crippen LogP contribution >= 0.6 is 0 Å². The van der Waals surface area contributed by atoms with Gasteiger partial charge in [-0.2, -0.15) is 10.1 Å². The Kier molecular flexibility index (Phi) is 4.42. The highest BCUT2D eigenvalue weighted by Gasteiger charge is 2.39. The number of Topliss-reactive ketones (excluding diaryl/α,β-unsaturated/α-hetero) is 1. The quantitative estimate of drug-likeness (QED) is 0.795. The summed E-state index contributed by atoms with van der Waals surface area (Å²) in [6.07, 6.45) is 0.190. The monoisotopic (exact) mass is 322 g/mol. The highest BCUT2D eigenvalue weighted by atomic mass is 16.5. The van der Waals surface area contributed by atoms with E-state index >= 15 is 0 Å². The first-order valence-electron chi connectivity index (χ1n) is 7.70. The lowest BCUT2D eigenvalue weighted by Crippen LogP contribution is -2.33. The zero-order chi connectivity index (χ0) is 17.1. The van der Waals surface area contributed by atoms with Crippen molar-refractivity contribution in [1.29, 1.82) is 0 Å². The van der Waals surface area contributed by atoms with Crippen LogP contribution in [0, 0.1) is 5.92 Å². The summed E-state index contributed by atoms with van der Waals surface area (Å²) in [5, 5.41) is 5.58. The van der Waals surface area contributed by atoms with Crippen molar-refractivity contribution < 1.29 is 14.3 Å². The summed E-state index contributed by atoms with van der Waals surface area (Å²) in [5.41, 5.74) is 2.04. The second-order valence-electron chi connectivity index (χ2n) is 5.65. The Morgan fingerprint density at radius 1 is 1.12 bits per heavy atom. The summed E-state index contributed by atoms with van der Waals surface area (Å²) in [6.45, 7) is 1.72. The van der Waals surface area contributed by atoms with Gasteiger partial charge in [0.25, 0.3) is 5.91 Å². The van der Waals surface area contributed by atoms with E-state index in [4.69, 9.17) is 4.74 Å². The number of hydrogen-bond donors (Lipinski definition) is 0. The molecule has 1 atom stereocenters. The number of amides is 1. The topological polar surface area (TPSA) is 59.0 Å². The fourth-order valence-electron chi connectivity index (χ4n) is 2.74. The van der Waals surface area contributed by atoms with Gasteiger partial charge in [-0.25, -0.2) is 0 Å². The van der Waals surface area contributed by atoms with E-state index < -0.39 is 5.92 Å². The average molecular weight is 322 g/mol. The normalized spacial score (nSPS) is 16.9. The van der Waals surface area contributed by atoms with E-state index in [0.717, 1.165) is 11.3 Å². The molecule has 1 heterocycles. The molecule has 0 N–H and O–H groups in total. The minimum absolute atomic E-state index is 0.148. The molecule has 122 valence electrons. The molecule has 1 aliphatic rings. The lowest BCUT2D eigenvalue weighted by molar-refractivity contribution is -0.128. The first-order valence-corrected chi connectivity index (χ1v) is 7.70. The van der Waals surface area contributed by atoms with Crippen molar-refractivity contribution in [2.75, 3.05) is 12.1 Å². The van der Waals surface area contributed by atoms with E-state index in [1.165, 1.54) is 5.01 Å². The van der Waals surface area contributed by atoms with Crippen molar-refractivity contribution in [3.8, 4) is 5.75 Å². The predicted molar refractivity (Wildman–Crippen MR) is 92.2 cm³/mol. The summed E-state index contributed by atoms with van der Waals surface area (Å²) >= 11 is 0. The van der Waals surface area contributed by atoms with Crippen molar-refractivity contribution in [3.63, 3.8) is 0 Å². The van der Waals surface area contributed by atoms with Crippen molar-refractivity contribution >= 4 is 23.1 Å². The molecule has 0 saturated carbocycles. The van der Waals surface area contributed by atoms with Crippen LogP contribution in [0.3, 0.4) is 0 Å². The molecule has 0 spiro atoms. The molecule has 0 aliphatic carbocycles. The molecule has 24 heavy (non-hydrogen) atoms. The molecule has 1 aliphatic heterocycles. The second-order valence-corrected chi connectivity index (χ2v) is 5.65. The molecule has 2 aromatic carbocycles. The van der Waals surface area contributed by atoms with Crippen LogP contribution in [0.1, 0.15) is 12.5 Å². The lowest BCUT2D eigenvalue weighted by atomic mass is 9.94. The number of ketones is 1. The molecule has 1 unspecified atom stereocenters. The number of hydrogen-bond acceptors (Lipinski definition) is 4. The SMILES string of the molecule is COc1ccc(CC(=O)C2C(=O)N(c3ccccc3)N=C2C)cc1. The Balaban J connectivity index is 1.75. The third kappa shape index (κ3) is 3.06. The molecule has 5 heteroatoms. The molecule has 0 aromatic heterocycles. The van der Waals surface area contributed by atoms with Crippen LogP contribution in [0.5, 0.6) is 5.75 Å².